The van der Waals surface area contributed by atoms with E-state index in [2.05, 4.69) is 20.3 Å². The summed E-state index contributed by atoms with van der Waals surface area (Å²) in [6.07, 6.45) is 1.59. The minimum absolute atomic E-state index is 0.120. The van der Waals surface area contributed by atoms with Crippen LogP contribution in [0.25, 0.3) is 0 Å². The Hall–Kier alpha value is -1.93. The molecule has 0 aromatic carbocycles. The van der Waals surface area contributed by atoms with E-state index in [0.29, 0.717) is 29.6 Å². The number of fused-ring (bicyclic) bond motifs is 1. The lowest BCUT2D eigenvalue weighted by Crippen LogP contribution is -2.27. The van der Waals surface area contributed by atoms with Crippen molar-refractivity contribution in [3.8, 4) is 0 Å². The van der Waals surface area contributed by atoms with Crippen molar-refractivity contribution in [1.29, 1.82) is 0 Å². The molecule has 130 valence electrons. The van der Waals surface area contributed by atoms with Gasteiger partial charge in [-0.2, -0.15) is 16.8 Å². The van der Waals surface area contributed by atoms with Crippen molar-refractivity contribution in [2.24, 2.45) is 15.9 Å². The van der Waals surface area contributed by atoms with Crippen LogP contribution in [0.2, 0.25) is 0 Å². The zero-order valence-corrected chi connectivity index (χ0v) is 15.6. The molecular weight excluding hydrogens is 356 g/mol. The maximum absolute atomic E-state index is 12.2. The second kappa shape index (κ2) is 7.97. The van der Waals surface area contributed by atoms with Gasteiger partial charge in [0.05, 0.1) is 10.8 Å². The van der Waals surface area contributed by atoms with Gasteiger partial charge in [0.2, 0.25) is 0 Å². The summed E-state index contributed by atoms with van der Waals surface area (Å²) in [7, 11) is 0. The number of allylic oxidation sites excluding steroid dienone is 1. The van der Waals surface area contributed by atoms with Crippen molar-refractivity contribution in [2.45, 2.75) is 13.8 Å². The van der Waals surface area contributed by atoms with Gasteiger partial charge in [0.25, 0.3) is 11.8 Å². The van der Waals surface area contributed by atoms with E-state index < -0.39 is 0 Å². The zero-order chi connectivity index (χ0) is 17.8. The maximum atomic E-state index is 12.2. The molecule has 0 aliphatic carbocycles. The van der Waals surface area contributed by atoms with Crippen LogP contribution < -0.4 is 5.32 Å². The molecule has 2 amide bonds. The number of carbonyl (C=O) groups is 2. The largest absolute Gasteiger partial charge is 0.350 e. The molecule has 0 fully saturated rings. The molecule has 8 heteroatoms. The number of amidine groups is 1. The smallest absolute Gasteiger partial charge is 0.269 e. The van der Waals surface area contributed by atoms with Gasteiger partial charge in [-0.3, -0.25) is 14.6 Å². The number of carbonyl (C=O) groups excluding carboxylic acids is 2. The SMILES string of the molecule is CC1=C(C)C2C(=O)N=C(CSCCNC(=O)c3ccccn3)N=C2S1. The van der Waals surface area contributed by atoms with Crippen LogP contribution in [0.15, 0.2) is 44.9 Å². The lowest BCUT2D eigenvalue weighted by Gasteiger charge is -2.14. The van der Waals surface area contributed by atoms with Crippen LogP contribution in [0.3, 0.4) is 0 Å². The highest BCUT2D eigenvalue weighted by atomic mass is 32.2. The Morgan fingerprint density at radius 3 is 2.92 bits per heavy atom. The summed E-state index contributed by atoms with van der Waals surface area (Å²) in [5.41, 5.74) is 1.46. The minimum atomic E-state index is -0.267. The topological polar surface area (TPSA) is 83.8 Å². The van der Waals surface area contributed by atoms with Crippen molar-refractivity contribution in [2.75, 3.05) is 18.1 Å². The molecule has 0 radical (unpaired) electrons. The van der Waals surface area contributed by atoms with E-state index in [-0.39, 0.29) is 17.7 Å². The van der Waals surface area contributed by atoms with Crippen molar-refractivity contribution in [3.05, 3.63) is 40.6 Å². The summed E-state index contributed by atoms with van der Waals surface area (Å²) in [6.45, 7) is 4.49. The van der Waals surface area contributed by atoms with Gasteiger partial charge in [0, 0.05) is 18.5 Å². The Bertz CT molecular complexity index is 787. The predicted octanol–water partition coefficient (Wildman–Crippen LogP) is 2.54. The van der Waals surface area contributed by atoms with Gasteiger partial charge in [-0.25, -0.2) is 4.99 Å². The fourth-order valence-electron chi connectivity index (χ4n) is 2.46. The number of pyridine rings is 1. The summed E-state index contributed by atoms with van der Waals surface area (Å²) in [4.78, 5) is 37.8. The number of nitrogens with zero attached hydrogens (tertiary/aromatic N) is 3. The number of rotatable bonds is 6. The van der Waals surface area contributed by atoms with Crippen molar-refractivity contribution in [1.82, 2.24) is 10.3 Å². The molecule has 3 rings (SSSR count). The van der Waals surface area contributed by atoms with Gasteiger partial charge in [-0.1, -0.05) is 17.8 Å². The predicted molar refractivity (Wildman–Crippen MR) is 103 cm³/mol. The average molecular weight is 374 g/mol. The molecule has 1 aromatic rings. The standard InChI is InChI=1S/C17H18N4O2S2/c1-10-11(2)25-17-14(10)16(23)20-13(21-17)9-24-8-7-19-15(22)12-5-3-4-6-18-12/h3-6,14H,7-9H2,1-2H3,(H,19,22). The summed E-state index contributed by atoms with van der Waals surface area (Å²) < 4.78 is 0. The first kappa shape index (κ1) is 17.9. The van der Waals surface area contributed by atoms with Crippen molar-refractivity contribution >= 4 is 46.2 Å². The molecule has 0 spiro atoms. The van der Waals surface area contributed by atoms with Crippen LogP contribution in [0.5, 0.6) is 0 Å². The lowest BCUT2D eigenvalue weighted by atomic mass is 10.0. The zero-order valence-electron chi connectivity index (χ0n) is 14.0. The van der Waals surface area contributed by atoms with E-state index in [1.807, 2.05) is 13.8 Å². The molecule has 1 atom stereocenters. The lowest BCUT2D eigenvalue weighted by molar-refractivity contribution is -0.118. The van der Waals surface area contributed by atoms with Gasteiger partial charge >= 0.3 is 0 Å². The van der Waals surface area contributed by atoms with Crippen molar-refractivity contribution in [3.63, 3.8) is 0 Å². The van der Waals surface area contributed by atoms with Crippen molar-refractivity contribution < 1.29 is 9.59 Å². The fraction of sp³-hybridized carbons (Fsp3) is 0.353. The fourth-order valence-corrected chi connectivity index (χ4v) is 4.30. The van der Waals surface area contributed by atoms with Crippen LogP contribution in [0.1, 0.15) is 24.3 Å². The molecule has 25 heavy (non-hydrogen) atoms. The molecule has 1 unspecified atom stereocenters. The van der Waals surface area contributed by atoms with Crippen LogP contribution in [-0.4, -0.2) is 45.7 Å². The van der Waals surface area contributed by atoms with Crippen LogP contribution in [0.4, 0.5) is 0 Å². The highest BCUT2D eigenvalue weighted by Gasteiger charge is 2.36. The Balaban J connectivity index is 1.43. The molecule has 0 saturated heterocycles. The number of nitrogens with one attached hydrogen (secondary N) is 1. The summed E-state index contributed by atoms with van der Waals surface area (Å²) in [5, 5.41) is 3.66. The molecule has 0 saturated carbocycles. The average Bonchev–Trinajstić information content (AvgIpc) is 2.89. The minimum Gasteiger partial charge on any atom is -0.350 e. The highest BCUT2D eigenvalue weighted by molar-refractivity contribution is 8.17. The molecule has 6 nitrogen and oxygen atoms in total. The van der Waals surface area contributed by atoms with Gasteiger partial charge in [-0.15, -0.1) is 0 Å². The normalized spacial score (nSPS) is 19.4. The third kappa shape index (κ3) is 4.19. The monoisotopic (exact) mass is 374 g/mol. The molecular formula is C17H18N4O2S2. The molecule has 0 bridgehead atoms. The quantitative estimate of drug-likeness (QED) is 0.774. The summed E-state index contributed by atoms with van der Waals surface area (Å²) in [6, 6.07) is 5.22. The van der Waals surface area contributed by atoms with Gasteiger partial charge in [0.1, 0.15) is 17.4 Å². The van der Waals surface area contributed by atoms with E-state index in [0.717, 1.165) is 15.5 Å². The maximum Gasteiger partial charge on any atom is 0.269 e. The molecule has 1 N–H and O–H groups in total. The third-order valence-electron chi connectivity index (χ3n) is 3.88. The number of amides is 2. The number of aliphatic imine (C=N–C) groups is 2. The first-order valence-electron chi connectivity index (χ1n) is 7.88. The van der Waals surface area contributed by atoms with Crippen LogP contribution in [-0.2, 0) is 4.79 Å². The number of hydrogen-bond acceptors (Lipinski definition) is 6. The number of hydrogen-bond donors (Lipinski definition) is 1. The van der Waals surface area contributed by atoms with Gasteiger partial charge in [0.15, 0.2) is 0 Å². The van der Waals surface area contributed by atoms with Crippen LogP contribution >= 0.6 is 23.5 Å². The summed E-state index contributed by atoms with van der Waals surface area (Å²) >= 11 is 3.15. The van der Waals surface area contributed by atoms with E-state index in [4.69, 9.17) is 0 Å². The third-order valence-corrected chi connectivity index (χ3v) is 6.00. The summed E-state index contributed by atoms with van der Waals surface area (Å²) in [5.74, 6) is 1.26. The number of aromatic nitrogens is 1. The Kier molecular flexibility index (Phi) is 5.70. The second-order valence-electron chi connectivity index (χ2n) is 5.61. The van der Waals surface area contributed by atoms with E-state index in [1.165, 1.54) is 0 Å². The molecule has 3 heterocycles. The highest BCUT2D eigenvalue weighted by Crippen LogP contribution is 2.39. The van der Waals surface area contributed by atoms with Gasteiger partial charge in [-0.05, 0) is 36.5 Å². The first-order chi connectivity index (χ1) is 12.1. The van der Waals surface area contributed by atoms with Gasteiger partial charge < -0.3 is 5.32 Å². The molecule has 1 aromatic heterocycles. The number of thioether (sulfide) groups is 2. The van der Waals surface area contributed by atoms with E-state index in [1.54, 1.807) is 47.9 Å². The van der Waals surface area contributed by atoms with Crippen LogP contribution in [0, 0.1) is 5.92 Å². The first-order valence-corrected chi connectivity index (χ1v) is 9.85. The molecule has 2 aliphatic heterocycles. The van der Waals surface area contributed by atoms with E-state index in [9.17, 15) is 9.59 Å². The Labute approximate surface area is 154 Å². The Morgan fingerprint density at radius 2 is 2.16 bits per heavy atom. The van der Waals surface area contributed by atoms with E-state index >= 15 is 0 Å². The molecule has 2 aliphatic rings. The Morgan fingerprint density at radius 1 is 1.32 bits per heavy atom. The second-order valence-corrected chi connectivity index (χ2v) is 7.95.